The molecule has 0 unspecified atom stereocenters. The van der Waals surface area contributed by atoms with Gasteiger partial charge in [-0.05, 0) is 24.5 Å². The summed E-state index contributed by atoms with van der Waals surface area (Å²) in [5.74, 6) is 0.274. The molecule has 0 bridgehead atoms. The summed E-state index contributed by atoms with van der Waals surface area (Å²) in [7, 11) is 0. The van der Waals surface area contributed by atoms with Gasteiger partial charge in [-0.3, -0.25) is 4.79 Å². The van der Waals surface area contributed by atoms with E-state index in [1.807, 2.05) is 6.07 Å². The molecule has 1 aromatic rings. The van der Waals surface area contributed by atoms with Crippen molar-refractivity contribution in [2.45, 2.75) is 19.3 Å². The number of anilines is 1. The summed E-state index contributed by atoms with van der Waals surface area (Å²) in [4.78, 5) is 15.8. The zero-order valence-electron chi connectivity index (χ0n) is 7.99. The third-order valence-electron chi connectivity index (χ3n) is 2.53. The minimum absolute atomic E-state index is 0.102. The smallest absolute Gasteiger partial charge is 0.307 e. The zero-order chi connectivity index (χ0) is 9.97. The number of carboxylic acids is 1. The molecule has 14 heavy (non-hydrogen) atoms. The van der Waals surface area contributed by atoms with Gasteiger partial charge < -0.3 is 15.0 Å². The zero-order valence-corrected chi connectivity index (χ0v) is 7.99. The highest BCUT2D eigenvalue weighted by molar-refractivity contribution is 5.70. The van der Waals surface area contributed by atoms with Gasteiger partial charge in [0.1, 0.15) is 5.82 Å². The summed E-state index contributed by atoms with van der Waals surface area (Å²) in [5, 5.41) is 8.61. The van der Waals surface area contributed by atoms with Gasteiger partial charge in [-0.2, -0.15) is 0 Å². The Morgan fingerprint density at radius 1 is 1.50 bits per heavy atom. The number of nitrogens with zero attached hydrogens (tertiary/aromatic N) is 1. The molecular formula is C10H14N2O2. The summed E-state index contributed by atoms with van der Waals surface area (Å²) >= 11 is 0. The number of H-pyrrole nitrogens is 1. The van der Waals surface area contributed by atoms with Gasteiger partial charge in [0, 0.05) is 19.3 Å². The number of carboxylic acid groups (broad SMARTS) is 1. The molecule has 1 aliphatic rings. The van der Waals surface area contributed by atoms with Crippen LogP contribution in [0.4, 0.5) is 5.82 Å². The number of aromatic nitrogens is 1. The Balaban J connectivity index is 2.05. The van der Waals surface area contributed by atoms with Crippen LogP contribution in [0.3, 0.4) is 0 Å². The lowest BCUT2D eigenvalue weighted by Gasteiger charge is -2.14. The van der Waals surface area contributed by atoms with Gasteiger partial charge in [0.05, 0.1) is 6.42 Å². The molecule has 76 valence electrons. The maximum Gasteiger partial charge on any atom is 0.307 e. The fourth-order valence-corrected chi connectivity index (χ4v) is 1.84. The lowest BCUT2D eigenvalue weighted by Crippen LogP contribution is -2.17. The van der Waals surface area contributed by atoms with Gasteiger partial charge in [-0.25, -0.2) is 0 Å². The molecule has 0 saturated carbocycles. The molecule has 0 aliphatic carbocycles. The highest BCUT2D eigenvalue weighted by Crippen LogP contribution is 2.19. The normalized spacial score (nSPS) is 16.1. The van der Waals surface area contributed by atoms with Crippen molar-refractivity contribution in [1.29, 1.82) is 0 Å². The van der Waals surface area contributed by atoms with Gasteiger partial charge in [0.15, 0.2) is 0 Å². The summed E-state index contributed by atoms with van der Waals surface area (Å²) in [6.07, 6.45) is 4.34. The topological polar surface area (TPSA) is 56.3 Å². The number of rotatable bonds is 3. The van der Waals surface area contributed by atoms with Gasteiger partial charge in [-0.15, -0.1) is 0 Å². The molecule has 2 N–H and O–H groups in total. The fourth-order valence-electron chi connectivity index (χ4n) is 1.84. The van der Waals surface area contributed by atoms with Crippen molar-refractivity contribution < 1.29 is 9.90 Å². The first-order valence-electron chi connectivity index (χ1n) is 4.90. The van der Waals surface area contributed by atoms with Gasteiger partial charge in [0.2, 0.25) is 0 Å². The first-order chi connectivity index (χ1) is 6.75. The van der Waals surface area contributed by atoms with Crippen LogP contribution in [0.2, 0.25) is 0 Å². The SMILES string of the molecule is O=C(O)Cc1c[nH]c(N2CCCC2)c1. The summed E-state index contributed by atoms with van der Waals surface area (Å²) in [6.45, 7) is 2.15. The van der Waals surface area contributed by atoms with E-state index in [-0.39, 0.29) is 6.42 Å². The second-order valence-corrected chi connectivity index (χ2v) is 3.66. The van der Waals surface area contributed by atoms with Crippen molar-refractivity contribution >= 4 is 11.8 Å². The van der Waals surface area contributed by atoms with E-state index in [4.69, 9.17) is 5.11 Å². The van der Waals surface area contributed by atoms with Crippen LogP contribution in [-0.2, 0) is 11.2 Å². The highest BCUT2D eigenvalue weighted by Gasteiger charge is 2.14. The van der Waals surface area contributed by atoms with E-state index in [1.165, 1.54) is 12.8 Å². The second-order valence-electron chi connectivity index (χ2n) is 3.66. The van der Waals surface area contributed by atoms with Crippen LogP contribution in [0.15, 0.2) is 12.3 Å². The molecule has 4 nitrogen and oxygen atoms in total. The predicted molar refractivity (Wildman–Crippen MR) is 53.6 cm³/mol. The van der Waals surface area contributed by atoms with E-state index >= 15 is 0 Å². The Labute approximate surface area is 82.5 Å². The molecule has 1 fully saturated rings. The van der Waals surface area contributed by atoms with E-state index in [0.717, 1.165) is 24.5 Å². The molecule has 1 aliphatic heterocycles. The van der Waals surface area contributed by atoms with Crippen LogP contribution in [0.5, 0.6) is 0 Å². The molecule has 0 amide bonds. The van der Waals surface area contributed by atoms with Crippen LogP contribution >= 0.6 is 0 Å². The average molecular weight is 194 g/mol. The predicted octanol–water partition coefficient (Wildman–Crippen LogP) is 1.24. The molecular weight excluding hydrogens is 180 g/mol. The van der Waals surface area contributed by atoms with E-state index in [9.17, 15) is 4.79 Å². The van der Waals surface area contributed by atoms with Gasteiger partial charge in [-0.1, -0.05) is 0 Å². The monoisotopic (exact) mass is 194 g/mol. The number of aromatic amines is 1. The van der Waals surface area contributed by atoms with Crippen molar-refractivity contribution in [3.05, 3.63) is 17.8 Å². The number of aliphatic carboxylic acids is 1. The molecule has 1 aromatic heterocycles. The molecule has 0 aromatic carbocycles. The first-order valence-corrected chi connectivity index (χ1v) is 4.90. The molecule has 2 heterocycles. The van der Waals surface area contributed by atoms with Gasteiger partial charge in [0.25, 0.3) is 0 Å². The van der Waals surface area contributed by atoms with Crippen molar-refractivity contribution in [2.75, 3.05) is 18.0 Å². The minimum Gasteiger partial charge on any atom is -0.481 e. The number of carbonyl (C=O) groups is 1. The quantitative estimate of drug-likeness (QED) is 0.761. The Morgan fingerprint density at radius 2 is 2.21 bits per heavy atom. The summed E-state index contributed by atoms with van der Waals surface area (Å²) in [6, 6.07) is 1.93. The van der Waals surface area contributed by atoms with Gasteiger partial charge >= 0.3 is 5.97 Å². The lowest BCUT2D eigenvalue weighted by molar-refractivity contribution is -0.136. The molecule has 2 rings (SSSR count). The Bertz CT molecular complexity index is 327. The Hall–Kier alpha value is -1.45. The van der Waals surface area contributed by atoms with Crippen molar-refractivity contribution in [3.63, 3.8) is 0 Å². The van der Waals surface area contributed by atoms with E-state index in [1.54, 1.807) is 6.20 Å². The molecule has 0 spiro atoms. The average Bonchev–Trinajstić information content (AvgIpc) is 2.69. The van der Waals surface area contributed by atoms with Crippen molar-refractivity contribution in [2.24, 2.45) is 0 Å². The van der Waals surface area contributed by atoms with Crippen LogP contribution < -0.4 is 4.90 Å². The van der Waals surface area contributed by atoms with Crippen LogP contribution in [0.1, 0.15) is 18.4 Å². The van der Waals surface area contributed by atoms with E-state index in [2.05, 4.69) is 9.88 Å². The Kier molecular flexibility index (Phi) is 2.43. The van der Waals surface area contributed by atoms with E-state index in [0.29, 0.717) is 0 Å². The molecule has 0 atom stereocenters. The third kappa shape index (κ3) is 1.89. The van der Waals surface area contributed by atoms with Crippen molar-refractivity contribution in [1.82, 2.24) is 4.98 Å². The number of nitrogens with one attached hydrogen (secondary N) is 1. The largest absolute Gasteiger partial charge is 0.481 e. The second kappa shape index (κ2) is 3.74. The standard InChI is InChI=1S/C10H14N2O2/c13-10(14)6-8-5-9(11-7-8)12-3-1-2-4-12/h5,7,11H,1-4,6H2,(H,13,14). The van der Waals surface area contributed by atoms with Crippen LogP contribution in [0, 0.1) is 0 Å². The maximum atomic E-state index is 10.5. The first kappa shape index (κ1) is 9.12. The molecule has 1 saturated heterocycles. The summed E-state index contributed by atoms with van der Waals surface area (Å²) in [5.41, 5.74) is 0.847. The Morgan fingerprint density at radius 3 is 2.86 bits per heavy atom. The number of hydrogen-bond acceptors (Lipinski definition) is 2. The maximum absolute atomic E-state index is 10.5. The van der Waals surface area contributed by atoms with Crippen molar-refractivity contribution in [3.8, 4) is 0 Å². The van der Waals surface area contributed by atoms with E-state index < -0.39 is 5.97 Å². The minimum atomic E-state index is -0.781. The molecule has 4 heteroatoms. The molecule has 0 radical (unpaired) electrons. The third-order valence-corrected chi connectivity index (χ3v) is 2.53. The number of hydrogen-bond donors (Lipinski definition) is 2. The summed E-state index contributed by atoms with van der Waals surface area (Å²) < 4.78 is 0. The van der Waals surface area contributed by atoms with Crippen LogP contribution in [-0.4, -0.2) is 29.1 Å². The lowest BCUT2D eigenvalue weighted by atomic mass is 10.2. The highest BCUT2D eigenvalue weighted by atomic mass is 16.4. The van der Waals surface area contributed by atoms with Crippen LogP contribution in [0.25, 0.3) is 0 Å². The fraction of sp³-hybridized carbons (Fsp3) is 0.500.